The summed E-state index contributed by atoms with van der Waals surface area (Å²) < 4.78 is 5.41. The van der Waals surface area contributed by atoms with Gasteiger partial charge in [0.25, 0.3) is 5.91 Å². The van der Waals surface area contributed by atoms with Crippen molar-refractivity contribution < 1.29 is 19.4 Å². The molecular weight excluding hydrogens is 386 g/mol. The van der Waals surface area contributed by atoms with Crippen LogP contribution >= 0.6 is 22.9 Å². The topological polar surface area (TPSA) is 75.6 Å². The van der Waals surface area contributed by atoms with Gasteiger partial charge < -0.3 is 15.2 Å². The van der Waals surface area contributed by atoms with Crippen LogP contribution in [0.2, 0.25) is 5.02 Å². The van der Waals surface area contributed by atoms with Gasteiger partial charge in [-0.3, -0.25) is 4.79 Å². The predicted octanol–water partition coefficient (Wildman–Crippen LogP) is 5.42. The van der Waals surface area contributed by atoms with Gasteiger partial charge in [-0.2, -0.15) is 0 Å². The fourth-order valence-corrected chi connectivity index (χ4v) is 3.77. The summed E-state index contributed by atoms with van der Waals surface area (Å²) >= 11 is 7.20. The Hall–Kier alpha value is -2.83. The predicted molar refractivity (Wildman–Crippen MR) is 107 cm³/mol. The minimum Gasteiger partial charge on any atom is -0.494 e. The van der Waals surface area contributed by atoms with Crippen LogP contribution in [-0.2, 0) is 0 Å². The highest BCUT2D eigenvalue weighted by Gasteiger charge is 2.22. The van der Waals surface area contributed by atoms with E-state index in [0.29, 0.717) is 22.9 Å². The molecule has 7 heteroatoms. The first kappa shape index (κ1) is 18.9. The quantitative estimate of drug-likeness (QED) is 0.578. The van der Waals surface area contributed by atoms with Crippen LogP contribution in [0.25, 0.3) is 11.1 Å². The lowest BCUT2D eigenvalue weighted by molar-refractivity contribution is 0.0699. The number of ether oxygens (including phenoxy) is 1. The van der Waals surface area contributed by atoms with E-state index >= 15 is 0 Å². The van der Waals surface area contributed by atoms with Crippen molar-refractivity contribution in [1.82, 2.24) is 0 Å². The number of benzene rings is 2. The summed E-state index contributed by atoms with van der Waals surface area (Å²) in [5.41, 5.74) is 1.59. The molecule has 0 saturated carbocycles. The van der Waals surface area contributed by atoms with Gasteiger partial charge in [0.1, 0.15) is 16.3 Å². The molecule has 0 aliphatic heterocycles. The van der Waals surface area contributed by atoms with Crippen LogP contribution in [0.15, 0.2) is 53.9 Å². The molecule has 0 spiro atoms. The number of halogens is 1. The highest BCUT2D eigenvalue weighted by atomic mass is 35.5. The van der Waals surface area contributed by atoms with Crippen molar-refractivity contribution in [3.63, 3.8) is 0 Å². The summed E-state index contributed by atoms with van der Waals surface area (Å²) in [6.45, 7) is 2.44. The molecule has 3 aromatic rings. The molecule has 0 radical (unpaired) electrons. The number of carbonyl (C=O) groups excluding carboxylic acids is 1. The average molecular weight is 402 g/mol. The van der Waals surface area contributed by atoms with Crippen molar-refractivity contribution in [3.8, 4) is 16.9 Å². The minimum atomic E-state index is -1.12. The molecule has 138 valence electrons. The first-order valence-electron chi connectivity index (χ1n) is 8.15. The first-order chi connectivity index (χ1) is 13.0. The number of aromatic carboxylic acids is 1. The Morgan fingerprint density at radius 2 is 1.85 bits per heavy atom. The number of hydrogen-bond donors (Lipinski definition) is 2. The van der Waals surface area contributed by atoms with Crippen LogP contribution in [-0.4, -0.2) is 23.6 Å². The maximum absolute atomic E-state index is 12.5. The van der Waals surface area contributed by atoms with Crippen LogP contribution in [0.3, 0.4) is 0 Å². The summed E-state index contributed by atoms with van der Waals surface area (Å²) in [6, 6.07) is 13.7. The molecule has 0 unspecified atom stereocenters. The summed E-state index contributed by atoms with van der Waals surface area (Å²) in [7, 11) is 0. The summed E-state index contributed by atoms with van der Waals surface area (Å²) in [6.07, 6.45) is 0. The van der Waals surface area contributed by atoms with Gasteiger partial charge in [-0.05, 0) is 36.8 Å². The summed E-state index contributed by atoms with van der Waals surface area (Å²) in [5, 5.41) is 14.6. The summed E-state index contributed by atoms with van der Waals surface area (Å²) in [4.78, 5) is 24.3. The van der Waals surface area contributed by atoms with Gasteiger partial charge in [0.2, 0.25) is 0 Å². The lowest BCUT2D eigenvalue weighted by Gasteiger charge is -2.08. The van der Waals surface area contributed by atoms with Crippen LogP contribution in [0, 0.1) is 0 Å². The number of carboxylic acids is 1. The van der Waals surface area contributed by atoms with Gasteiger partial charge >= 0.3 is 5.97 Å². The van der Waals surface area contributed by atoms with Gasteiger partial charge in [0, 0.05) is 10.9 Å². The monoisotopic (exact) mass is 401 g/mol. The van der Waals surface area contributed by atoms with E-state index in [1.165, 1.54) is 0 Å². The molecule has 2 N–H and O–H groups in total. The molecule has 2 aromatic carbocycles. The zero-order valence-corrected chi connectivity index (χ0v) is 15.9. The molecule has 0 atom stereocenters. The van der Waals surface area contributed by atoms with Crippen LogP contribution < -0.4 is 10.1 Å². The molecule has 1 heterocycles. The number of nitrogens with one attached hydrogen (secondary N) is 1. The number of thiophene rings is 1. The first-order valence-corrected chi connectivity index (χ1v) is 9.41. The molecule has 0 fully saturated rings. The maximum atomic E-state index is 12.5. The lowest BCUT2D eigenvalue weighted by Crippen LogP contribution is -2.14. The molecule has 5 nitrogen and oxygen atoms in total. The van der Waals surface area contributed by atoms with E-state index < -0.39 is 11.9 Å². The fourth-order valence-electron chi connectivity index (χ4n) is 2.59. The van der Waals surface area contributed by atoms with Crippen molar-refractivity contribution in [2.75, 3.05) is 11.9 Å². The van der Waals surface area contributed by atoms with Crippen LogP contribution in [0.5, 0.6) is 5.75 Å². The molecule has 0 bridgehead atoms. The van der Waals surface area contributed by atoms with Gasteiger partial charge in [0.15, 0.2) is 0 Å². The Morgan fingerprint density at radius 3 is 2.48 bits per heavy atom. The van der Waals surface area contributed by atoms with E-state index in [1.54, 1.807) is 53.9 Å². The van der Waals surface area contributed by atoms with Crippen molar-refractivity contribution in [3.05, 3.63) is 70.1 Å². The Bertz CT molecular complexity index is 982. The van der Waals surface area contributed by atoms with Crippen molar-refractivity contribution in [2.45, 2.75) is 6.92 Å². The Balaban J connectivity index is 1.93. The molecule has 0 saturated heterocycles. The minimum absolute atomic E-state index is 0.0459. The normalized spacial score (nSPS) is 10.4. The maximum Gasteiger partial charge on any atom is 0.339 e. The smallest absolute Gasteiger partial charge is 0.339 e. The van der Waals surface area contributed by atoms with Crippen molar-refractivity contribution in [1.29, 1.82) is 0 Å². The number of hydrogen-bond acceptors (Lipinski definition) is 4. The highest BCUT2D eigenvalue weighted by Crippen LogP contribution is 2.36. The van der Waals surface area contributed by atoms with Gasteiger partial charge in [-0.25, -0.2) is 4.79 Å². The molecule has 1 aromatic heterocycles. The number of anilines is 1. The lowest BCUT2D eigenvalue weighted by atomic mass is 10.0. The third-order valence-electron chi connectivity index (χ3n) is 3.83. The summed E-state index contributed by atoms with van der Waals surface area (Å²) in [5.74, 6) is -0.863. The van der Waals surface area contributed by atoms with Crippen molar-refractivity contribution >= 4 is 39.8 Å². The largest absolute Gasteiger partial charge is 0.494 e. The van der Waals surface area contributed by atoms with Crippen molar-refractivity contribution in [2.24, 2.45) is 0 Å². The van der Waals surface area contributed by atoms with E-state index in [-0.39, 0.29) is 16.1 Å². The molecule has 3 rings (SSSR count). The third kappa shape index (κ3) is 4.13. The molecule has 1 amide bonds. The third-order valence-corrected chi connectivity index (χ3v) is 5.05. The van der Waals surface area contributed by atoms with Crippen LogP contribution in [0.4, 0.5) is 5.00 Å². The van der Waals surface area contributed by atoms with Gasteiger partial charge in [-0.15, -0.1) is 11.3 Å². The zero-order valence-electron chi connectivity index (χ0n) is 14.4. The van der Waals surface area contributed by atoms with E-state index in [1.807, 2.05) is 6.92 Å². The zero-order chi connectivity index (χ0) is 19.4. The molecule has 27 heavy (non-hydrogen) atoms. The number of rotatable bonds is 6. The Kier molecular flexibility index (Phi) is 5.78. The molecular formula is C20H16ClNO4S. The standard InChI is InChI=1S/C20H16ClNO4S/c1-2-26-13-9-7-12(8-10-13)15-11-27-19(17(15)20(24)25)22-18(23)14-5-3-4-6-16(14)21/h3-11H,2H2,1H3,(H,22,23)(H,24,25). The van der Waals surface area contributed by atoms with E-state index in [9.17, 15) is 14.7 Å². The van der Waals surface area contributed by atoms with Gasteiger partial charge in [0.05, 0.1) is 17.2 Å². The second-order valence-electron chi connectivity index (χ2n) is 5.55. The molecule has 0 aliphatic rings. The molecule has 0 aliphatic carbocycles. The van der Waals surface area contributed by atoms with E-state index in [4.69, 9.17) is 16.3 Å². The second kappa shape index (κ2) is 8.24. The van der Waals surface area contributed by atoms with Crippen LogP contribution in [0.1, 0.15) is 27.6 Å². The highest BCUT2D eigenvalue weighted by molar-refractivity contribution is 7.15. The van der Waals surface area contributed by atoms with E-state index in [2.05, 4.69) is 5.32 Å². The number of amides is 1. The van der Waals surface area contributed by atoms with Gasteiger partial charge in [-0.1, -0.05) is 35.9 Å². The SMILES string of the molecule is CCOc1ccc(-c2csc(NC(=O)c3ccccc3Cl)c2C(=O)O)cc1. The number of carbonyl (C=O) groups is 2. The Labute approximate surface area is 165 Å². The fraction of sp³-hybridized carbons (Fsp3) is 0.100. The van der Waals surface area contributed by atoms with E-state index in [0.717, 1.165) is 16.9 Å². The second-order valence-corrected chi connectivity index (χ2v) is 6.84. The number of carboxylic acid groups (broad SMARTS) is 1. The Morgan fingerprint density at radius 1 is 1.15 bits per heavy atom. The average Bonchev–Trinajstić information content (AvgIpc) is 3.06.